The number of aryl methyl sites for hydroxylation is 1. The number of carbonyl (C=O) groups is 1. The van der Waals surface area contributed by atoms with Crippen LogP contribution in [-0.2, 0) is 6.54 Å². The number of carbonyl (C=O) groups excluding carboxylic acids is 1. The maximum Gasteiger partial charge on any atom is 0.321 e. The number of rotatable bonds is 4. The van der Waals surface area contributed by atoms with E-state index in [0.717, 1.165) is 11.1 Å². The second-order valence-corrected chi connectivity index (χ2v) is 6.02. The van der Waals surface area contributed by atoms with Gasteiger partial charge in [0, 0.05) is 24.5 Å². The number of hydrogen-bond acceptors (Lipinski definition) is 5. The number of aromatic nitrogens is 3. The Balaban J connectivity index is 1.63. The van der Waals surface area contributed by atoms with Crippen LogP contribution in [0.15, 0.2) is 42.7 Å². The number of urea groups is 1. The van der Waals surface area contributed by atoms with Crippen molar-refractivity contribution in [2.45, 2.75) is 13.5 Å². The molecule has 0 aliphatic rings. The molecule has 0 atom stereocenters. The minimum Gasteiger partial charge on any atom is -0.334 e. The maximum absolute atomic E-state index is 13.4. The van der Waals surface area contributed by atoms with Crippen LogP contribution >= 0.6 is 11.3 Å². The molecule has 0 aliphatic carbocycles. The largest absolute Gasteiger partial charge is 0.334 e. The fourth-order valence-electron chi connectivity index (χ4n) is 2.03. The van der Waals surface area contributed by atoms with Gasteiger partial charge in [0.15, 0.2) is 0 Å². The van der Waals surface area contributed by atoms with Gasteiger partial charge in [-0.05, 0) is 36.2 Å². The Labute approximate surface area is 141 Å². The highest BCUT2D eigenvalue weighted by atomic mass is 32.1. The fraction of sp³-hybridized carbons (Fsp3) is 0.125. The average molecular weight is 343 g/mol. The van der Waals surface area contributed by atoms with Crippen LogP contribution < -0.4 is 10.6 Å². The van der Waals surface area contributed by atoms with Gasteiger partial charge in [0.1, 0.15) is 10.8 Å². The number of halogens is 1. The van der Waals surface area contributed by atoms with Gasteiger partial charge < -0.3 is 5.32 Å². The van der Waals surface area contributed by atoms with Crippen LogP contribution in [0, 0.1) is 12.7 Å². The van der Waals surface area contributed by atoms with Crippen LogP contribution in [-0.4, -0.2) is 21.2 Å². The number of nitrogens with zero attached hydrogens (tertiary/aromatic N) is 3. The number of pyridine rings is 1. The van der Waals surface area contributed by atoms with Gasteiger partial charge in [0.2, 0.25) is 5.13 Å². The van der Waals surface area contributed by atoms with Gasteiger partial charge >= 0.3 is 6.03 Å². The Morgan fingerprint density at radius 3 is 2.96 bits per heavy atom. The lowest BCUT2D eigenvalue weighted by atomic mass is 10.1. The quantitative estimate of drug-likeness (QED) is 0.761. The van der Waals surface area contributed by atoms with E-state index in [1.54, 1.807) is 24.5 Å². The second kappa shape index (κ2) is 7.14. The summed E-state index contributed by atoms with van der Waals surface area (Å²) in [5.41, 5.74) is 2.44. The van der Waals surface area contributed by atoms with Crippen molar-refractivity contribution in [1.82, 2.24) is 20.5 Å². The molecule has 0 bridgehead atoms. The Bertz CT molecular complexity index is 853. The molecule has 6 nitrogen and oxygen atoms in total. The van der Waals surface area contributed by atoms with Crippen molar-refractivity contribution in [2.24, 2.45) is 0 Å². The fourth-order valence-corrected chi connectivity index (χ4v) is 2.85. The first-order chi connectivity index (χ1) is 11.6. The van der Waals surface area contributed by atoms with E-state index >= 15 is 0 Å². The molecular weight excluding hydrogens is 329 g/mol. The molecule has 0 saturated carbocycles. The van der Waals surface area contributed by atoms with E-state index < -0.39 is 6.03 Å². The Hall–Kier alpha value is -2.87. The first-order valence-electron chi connectivity index (χ1n) is 7.15. The highest BCUT2D eigenvalue weighted by molar-refractivity contribution is 7.18. The van der Waals surface area contributed by atoms with Gasteiger partial charge in [-0.1, -0.05) is 23.5 Å². The summed E-state index contributed by atoms with van der Waals surface area (Å²) in [5, 5.41) is 14.1. The van der Waals surface area contributed by atoms with Gasteiger partial charge in [-0.2, -0.15) is 0 Å². The van der Waals surface area contributed by atoms with Crippen LogP contribution in [0.5, 0.6) is 0 Å². The molecule has 2 aromatic heterocycles. The third-order valence-electron chi connectivity index (χ3n) is 3.25. The first kappa shape index (κ1) is 16.0. The van der Waals surface area contributed by atoms with Crippen LogP contribution in [0.4, 0.5) is 14.3 Å². The molecule has 24 heavy (non-hydrogen) atoms. The Morgan fingerprint density at radius 1 is 1.29 bits per heavy atom. The van der Waals surface area contributed by atoms with E-state index in [4.69, 9.17) is 0 Å². The number of benzene rings is 1. The normalized spacial score (nSPS) is 10.4. The molecule has 2 N–H and O–H groups in total. The molecule has 0 aliphatic heterocycles. The van der Waals surface area contributed by atoms with Gasteiger partial charge in [-0.25, -0.2) is 9.18 Å². The standard InChI is InChI=1S/C16H14FN5OS/c1-10-4-5-12(17)7-13(10)14-21-22-16(24-14)20-15(23)19-9-11-3-2-6-18-8-11/h2-8H,9H2,1H3,(H2,19,20,22,23). The molecule has 3 rings (SSSR count). The summed E-state index contributed by atoms with van der Waals surface area (Å²) in [4.78, 5) is 15.9. The van der Waals surface area contributed by atoms with E-state index in [9.17, 15) is 9.18 Å². The van der Waals surface area contributed by atoms with E-state index in [1.807, 2.05) is 13.0 Å². The Kier molecular flexibility index (Phi) is 4.76. The molecule has 0 radical (unpaired) electrons. The molecule has 0 fully saturated rings. The smallest absolute Gasteiger partial charge is 0.321 e. The zero-order chi connectivity index (χ0) is 16.9. The van der Waals surface area contributed by atoms with Gasteiger partial charge in [0.05, 0.1) is 0 Å². The van der Waals surface area contributed by atoms with Crippen molar-refractivity contribution in [2.75, 3.05) is 5.32 Å². The second-order valence-electron chi connectivity index (χ2n) is 5.04. The highest BCUT2D eigenvalue weighted by Gasteiger charge is 2.12. The number of anilines is 1. The zero-order valence-electron chi connectivity index (χ0n) is 12.8. The van der Waals surface area contributed by atoms with Gasteiger partial charge in [0.25, 0.3) is 0 Å². The van der Waals surface area contributed by atoms with Crippen molar-refractivity contribution in [3.8, 4) is 10.6 Å². The lowest BCUT2D eigenvalue weighted by molar-refractivity contribution is 0.251. The highest BCUT2D eigenvalue weighted by Crippen LogP contribution is 2.29. The van der Waals surface area contributed by atoms with Crippen molar-refractivity contribution in [3.63, 3.8) is 0 Å². The molecule has 0 spiro atoms. The third kappa shape index (κ3) is 3.90. The molecule has 0 unspecified atom stereocenters. The summed E-state index contributed by atoms with van der Waals surface area (Å²) >= 11 is 1.19. The van der Waals surface area contributed by atoms with Crippen LogP contribution in [0.25, 0.3) is 10.6 Å². The van der Waals surface area contributed by atoms with Crippen molar-refractivity contribution < 1.29 is 9.18 Å². The Morgan fingerprint density at radius 2 is 2.17 bits per heavy atom. The summed E-state index contributed by atoms with van der Waals surface area (Å²) < 4.78 is 13.4. The van der Waals surface area contributed by atoms with E-state index in [0.29, 0.717) is 22.2 Å². The van der Waals surface area contributed by atoms with Crippen LogP contribution in [0.1, 0.15) is 11.1 Å². The molecule has 3 aromatic rings. The number of nitrogens with one attached hydrogen (secondary N) is 2. The first-order valence-corrected chi connectivity index (χ1v) is 7.97. The SMILES string of the molecule is Cc1ccc(F)cc1-c1nnc(NC(=O)NCc2cccnc2)s1. The van der Waals surface area contributed by atoms with Crippen molar-refractivity contribution in [3.05, 3.63) is 59.7 Å². The van der Waals surface area contributed by atoms with Gasteiger partial charge in [-0.15, -0.1) is 10.2 Å². The van der Waals surface area contributed by atoms with E-state index in [-0.39, 0.29) is 5.82 Å². The molecule has 2 amide bonds. The number of hydrogen-bond donors (Lipinski definition) is 2. The molecule has 0 saturated heterocycles. The predicted octanol–water partition coefficient (Wildman–Crippen LogP) is 3.37. The van der Waals surface area contributed by atoms with Crippen LogP contribution in [0.2, 0.25) is 0 Å². The third-order valence-corrected chi connectivity index (χ3v) is 4.12. The maximum atomic E-state index is 13.4. The molecular formula is C16H14FN5OS. The minimum atomic E-state index is -0.391. The average Bonchev–Trinajstić information content (AvgIpc) is 3.04. The van der Waals surface area contributed by atoms with E-state index in [1.165, 1.54) is 23.5 Å². The predicted molar refractivity (Wildman–Crippen MR) is 90.1 cm³/mol. The lowest BCUT2D eigenvalue weighted by Crippen LogP contribution is -2.28. The van der Waals surface area contributed by atoms with Crippen LogP contribution in [0.3, 0.4) is 0 Å². The monoisotopic (exact) mass is 343 g/mol. The van der Waals surface area contributed by atoms with E-state index in [2.05, 4.69) is 25.8 Å². The van der Waals surface area contributed by atoms with Crippen molar-refractivity contribution in [1.29, 1.82) is 0 Å². The summed E-state index contributed by atoms with van der Waals surface area (Å²) in [6.07, 6.45) is 3.34. The molecule has 2 heterocycles. The molecule has 8 heteroatoms. The number of amides is 2. The van der Waals surface area contributed by atoms with Crippen molar-refractivity contribution >= 4 is 22.5 Å². The van der Waals surface area contributed by atoms with Gasteiger partial charge in [-0.3, -0.25) is 10.3 Å². The zero-order valence-corrected chi connectivity index (χ0v) is 13.6. The summed E-state index contributed by atoms with van der Waals surface area (Å²) in [5.74, 6) is -0.338. The lowest BCUT2D eigenvalue weighted by Gasteiger charge is -2.04. The molecule has 1 aromatic carbocycles. The summed E-state index contributed by atoms with van der Waals surface area (Å²) in [6.45, 7) is 2.22. The summed E-state index contributed by atoms with van der Waals surface area (Å²) in [7, 11) is 0. The molecule has 122 valence electrons. The minimum absolute atomic E-state index is 0.338. The summed E-state index contributed by atoms with van der Waals surface area (Å²) in [6, 6.07) is 7.75. The topological polar surface area (TPSA) is 79.8 Å².